The summed E-state index contributed by atoms with van der Waals surface area (Å²) < 4.78 is 0. The molecule has 0 saturated heterocycles. The molecular formula is C6H14NSi+. The third-order valence-electron chi connectivity index (χ3n) is 0.588. The molecule has 3 N–H and O–H groups in total. The summed E-state index contributed by atoms with van der Waals surface area (Å²) >= 11 is 0. The first kappa shape index (κ1) is 7.74. The van der Waals surface area contributed by atoms with Gasteiger partial charge in [0.1, 0.15) is 14.6 Å². The van der Waals surface area contributed by atoms with Gasteiger partial charge in [-0.1, -0.05) is 25.6 Å². The first-order valence-electron chi connectivity index (χ1n) is 2.85. The van der Waals surface area contributed by atoms with E-state index in [9.17, 15) is 0 Å². The SMILES string of the molecule is C[Si](C)(C)C#CC[NH3+]. The molecule has 0 fully saturated rings. The van der Waals surface area contributed by atoms with E-state index in [2.05, 4.69) is 36.8 Å². The van der Waals surface area contributed by atoms with Crippen molar-refractivity contribution in [1.82, 2.24) is 0 Å². The largest absolute Gasteiger partial charge is 0.347 e. The summed E-state index contributed by atoms with van der Waals surface area (Å²) in [5, 5.41) is 0. The van der Waals surface area contributed by atoms with E-state index in [-0.39, 0.29) is 0 Å². The molecule has 1 nitrogen and oxygen atoms in total. The lowest BCUT2D eigenvalue weighted by molar-refractivity contribution is -0.349. The minimum Gasteiger partial charge on any atom is -0.347 e. The van der Waals surface area contributed by atoms with Gasteiger partial charge in [0.05, 0.1) is 0 Å². The van der Waals surface area contributed by atoms with Crippen LogP contribution >= 0.6 is 0 Å². The molecule has 0 amide bonds. The van der Waals surface area contributed by atoms with Crippen molar-refractivity contribution in [3.05, 3.63) is 0 Å². The van der Waals surface area contributed by atoms with Crippen LogP contribution < -0.4 is 5.73 Å². The van der Waals surface area contributed by atoms with Gasteiger partial charge in [0.15, 0.2) is 0 Å². The van der Waals surface area contributed by atoms with Crippen LogP contribution in [0.4, 0.5) is 0 Å². The molecule has 0 aromatic carbocycles. The molecule has 0 bridgehead atoms. The van der Waals surface area contributed by atoms with Crippen LogP contribution in [-0.4, -0.2) is 14.6 Å². The van der Waals surface area contributed by atoms with Gasteiger partial charge in [0, 0.05) is 0 Å². The molecule has 0 unspecified atom stereocenters. The Balaban J connectivity index is 3.69. The molecule has 0 radical (unpaired) electrons. The summed E-state index contributed by atoms with van der Waals surface area (Å²) in [6, 6.07) is 0. The fourth-order valence-corrected chi connectivity index (χ4v) is 0.983. The average Bonchev–Trinajstić information content (AvgIpc) is 1.59. The second-order valence-corrected chi connectivity index (χ2v) is 7.55. The van der Waals surface area contributed by atoms with Gasteiger partial charge >= 0.3 is 0 Å². The summed E-state index contributed by atoms with van der Waals surface area (Å²) in [7, 11) is -1.08. The predicted molar refractivity (Wildman–Crippen MR) is 38.9 cm³/mol. The van der Waals surface area contributed by atoms with Gasteiger partial charge in [-0.15, -0.1) is 5.54 Å². The minimum atomic E-state index is -1.08. The number of hydrogen-bond donors (Lipinski definition) is 1. The molecule has 0 aliphatic heterocycles. The Morgan fingerprint density at radius 3 is 2.00 bits per heavy atom. The molecule has 46 valence electrons. The highest BCUT2D eigenvalue weighted by Crippen LogP contribution is 1.95. The summed E-state index contributed by atoms with van der Waals surface area (Å²) in [6.07, 6.45) is 0. The van der Waals surface area contributed by atoms with E-state index in [0.29, 0.717) is 0 Å². The van der Waals surface area contributed by atoms with E-state index < -0.39 is 8.07 Å². The highest BCUT2D eigenvalue weighted by atomic mass is 28.3. The standard InChI is InChI=1S/C6H13NSi/c1-8(2,3)6-4-5-7/h5,7H2,1-3H3/p+1. The minimum absolute atomic E-state index is 0.754. The lowest BCUT2D eigenvalue weighted by Gasteiger charge is -2.01. The smallest absolute Gasteiger partial charge is 0.135 e. The van der Waals surface area contributed by atoms with Crippen LogP contribution in [-0.2, 0) is 0 Å². The van der Waals surface area contributed by atoms with E-state index in [1.807, 2.05) is 0 Å². The molecule has 0 saturated carbocycles. The first-order chi connectivity index (χ1) is 3.56. The highest BCUT2D eigenvalue weighted by Gasteiger charge is 2.06. The molecule has 2 heteroatoms. The monoisotopic (exact) mass is 128 g/mol. The molecule has 0 aliphatic carbocycles. The quantitative estimate of drug-likeness (QED) is 0.354. The van der Waals surface area contributed by atoms with Crippen molar-refractivity contribution in [3.63, 3.8) is 0 Å². The van der Waals surface area contributed by atoms with Crippen molar-refractivity contribution in [2.75, 3.05) is 6.54 Å². The molecular weight excluding hydrogens is 114 g/mol. The van der Waals surface area contributed by atoms with Gasteiger partial charge in [-0.3, -0.25) is 0 Å². The maximum Gasteiger partial charge on any atom is 0.135 e. The third-order valence-corrected chi connectivity index (χ3v) is 1.52. The topological polar surface area (TPSA) is 27.6 Å². The average molecular weight is 128 g/mol. The molecule has 0 heterocycles. The number of rotatable bonds is 0. The summed E-state index contributed by atoms with van der Waals surface area (Å²) in [4.78, 5) is 0. The fraction of sp³-hybridized carbons (Fsp3) is 0.667. The number of hydrogen-bond acceptors (Lipinski definition) is 0. The van der Waals surface area contributed by atoms with Crippen LogP contribution in [0.1, 0.15) is 0 Å². The Morgan fingerprint density at radius 1 is 1.38 bits per heavy atom. The molecule has 0 aliphatic rings. The lowest BCUT2D eigenvalue weighted by atomic mass is 10.7. The van der Waals surface area contributed by atoms with Gasteiger partial charge in [0.2, 0.25) is 0 Å². The van der Waals surface area contributed by atoms with E-state index in [1.165, 1.54) is 0 Å². The Hall–Kier alpha value is -0.263. The van der Waals surface area contributed by atoms with E-state index in [1.54, 1.807) is 0 Å². The molecule has 0 rings (SSSR count). The Kier molecular flexibility index (Phi) is 2.81. The molecule has 0 aromatic rings. The Morgan fingerprint density at radius 2 is 1.88 bits per heavy atom. The van der Waals surface area contributed by atoms with Crippen molar-refractivity contribution in [1.29, 1.82) is 0 Å². The van der Waals surface area contributed by atoms with Crippen molar-refractivity contribution in [2.24, 2.45) is 0 Å². The fourth-order valence-electron chi connectivity index (χ4n) is 0.328. The van der Waals surface area contributed by atoms with Gasteiger partial charge in [-0.05, 0) is 0 Å². The Labute approximate surface area is 52.3 Å². The summed E-state index contributed by atoms with van der Waals surface area (Å²) in [6.45, 7) is 7.45. The van der Waals surface area contributed by atoms with Crippen LogP contribution in [0.25, 0.3) is 0 Å². The van der Waals surface area contributed by atoms with Crippen LogP contribution in [0, 0.1) is 11.5 Å². The predicted octanol–water partition coefficient (Wildman–Crippen LogP) is 0.109. The number of quaternary nitrogens is 1. The summed E-state index contributed by atoms with van der Waals surface area (Å²) in [5.41, 5.74) is 6.84. The van der Waals surface area contributed by atoms with Gasteiger partial charge in [-0.2, -0.15) is 0 Å². The van der Waals surface area contributed by atoms with Crippen molar-refractivity contribution >= 4 is 8.07 Å². The van der Waals surface area contributed by atoms with Crippen molar-refractivity contribution in [2.45, 2.75) is 19.6 Å². The zero-order chi connectivity index (χ0) is 6.62. The third kappa shape index (κ3) is 5.74. The maximum atomic E-state index is 3.64. The maximum absolute atomic E-state index is 3.64. The Bertz CT molecular complexity index is 113. The van der Waals surface area contributed by atoms with Crippen molar-refractivity contribution in [3.8, 4) is 11.5 Å². The lowest BCUT2D eigenvalue weighted by Crippen LogP contribution is -2.49. The molecule has 0 atom stereocenters. The molecule has 8 heavy (non-hydrogen) atoms. The molecule has 0 aromatic heterocycles. The summed E-state index contributed by atoms with van der Waals surface area (Å²) in [5.74, 6) is 2.99. The first-order valence-corrected chi connectivity index (χ1v) is 6.35. The van der Waals surface area contributed by atoms with Gasteiger partial charge in [-0.25, -0.2) is 0 Å². The second kappa shape index (κ2) is 2.90. The van der Waals surface area contributed by atoms with Crippen LogP contribution in [0.5, 0.6) is 0 Å². The van der Waals surface area contributed by atoms with Crippen LogP contribution in [0.3, 0.4) is 0 Å². The van der Waals surface area contributed by atoms with Crippen molar-refractivity contribution < 1.29 is 5.73 Å². The zero-order valence-electron chi connectivity index (χ0n) is 5.91. The molecule has 0 spiro atoms. The van der Waals surface area contributed by atoms with Crippen LogP contribution in [0.15, 0.2) is 0 Å². The van der Waals surface area contributed by atoms with E-state index in [4.69, 9.17) is 0 Å². The second-order valence-electron chi connectivity index (χ2n) is 2.80. The highest BCUT2D eigenvalue weighted by molar-refractivity contribution is 6.83. The van der Waals surface area contributed by atoms with Gasteiger partial charge < -0.3 is 5.73 Å². The van der Waals surface area contributed by atoms with E-state index in [0.717, 1.165) is 6.54 Å². The van der Waals surface area contributed by atoms with Gasteiger partial charge in [0.25, 0.3) is 0 Å². The zero-order valence-corrected chi connectivity index (χ0v) is 6.91. The normalized spacial score (nSPS) is 10.0. The van der Waals surface area contributed by atoms with E-state index >= 15 is 0 Å². The van der Waals surface area contributed by atoms with Crippen LogP contribution in [0.2, 0.25) is 19.6 Å².